The summed E-state index contributed by atoms with van der Waals surface area (Å²) in [6.07, 6.45) is 2.31. The fourth-order valence-corrected chi connectivity index (χ4v) is 4.06. The lowest BCUT2D eigenvalue weighted by Crippen LogP contribution is -2.11. The molecule has 0 aromatic heterocycles. The maximum absolute atomic E-state index is 11.3. The number of carbonyl (C=O) groups excluding carboxylic acids is 1. The largest absolute Gasteiger partial charge is 0.300 e. The Kier molecular flexibility index (Phi) is 1.25. The van der Waals surface area contributed by atoms with Gasteiger partial charge in [-0.15, -0.1) is 0 Å². The Hall–Kier alpha value is -0.840. The van der Waals surface area contributed by atoms with E-state index >= 15 is 0 Å². The van der Waals surface area contributed by atoms with Gasteiger partial charge >= 0.3 is 0 Å². The van der Waals surface area contributed by atoms with Crippen LogP contribution < -0.4 is 0 Å². The minimum absolute atomic E-state index is 0.274. The Bertz CT molecular complexity index is 317. The summed E-state index contributed by atoms with van der Waals surface area (Å²) in [5.41, 5.74) is 0. The number of ketones is 1. The summed E-state index contributed by atoms with van der Waals surface area (Å²) in [6, 6.07) is 2.40. The Morgan fingerprint density at radius 2 is 2.15 bits per heavy atom. The predicted molar refractivity (Wildman–Crippen MR) is 46.5 cm³/mol. The highest BCUT2D eigenvalue weighted by Gasteiger charge is 2.69. The van der Waals surface area contributed by atoms with Gasteiger partial charge in [0, 0.05) is 11.8 Å². The average Bonchev–Trinajstić information content (AvgIpc) is 2.61. The summed E-state index contributed by atoms with van der Waals surface area (Å²) >= 11 is 0. The molecule has 3 rings (SSSR count). The van der Waals surface area contributed by atoms with Crippen LogP contribution >= 0.6 is 0 Å². The number of carbonyl (C=O) groups is 1. The van der Waals surface area contributed by atoms with Crippen molar-refractivity contribution in [1.82, 2.24) is 0 Å². The standard InChI is InChI=1S/C11H13NO/c1-5(13)9-10-6-2-7(4-12)8(3-6)11(9)10/h6-11H,2-3H2,1H3/t6-,7?,8-,9-,10-,11+/m0/s1. The second kappa shape index (κ2) is 2.15. The minimum Gasteiger partial charge on any atom is -0.300 e. The number of rotatable bonds is 1. The molecule has 3 aliphatic carbocycles. The minimum atomic E-state index is 0.274. The first-order valence-electron chi connectivity index (χ1n) is 5.14. The molecular weight excluding hydrogens is 162 g/mol. The molecule has 6 atom stereocenters. The smallest absolute Gasteiger partial charge is 0.133 e. The van der Waals surface area contributed by atoms with Gasteiger partial charge in [-0.2, -0.15) is 5.26 Å². The van der Waals surface area contributed by atoms with Crippen LogP contribution in [0.15, 0.2) is 0 Å². The summed E-state index contributed by atoms with van der Waals surface area (Å²) in [4.78, 5) is 11.3. The summed E-state index contributed by atoms with van der Waals surface area (Å²) in [6.45, 7) is 1.71. The maximum atomic E-state index is 11.3. The van der Waals surface area contributed by atoms with Crippen molar-refractivity contribution >= 4 is 5.78 Å². The van der Waals surface area contributed by atoms with Crippen molar-refractivity contribution in [3.8, 4) is 6.07 Å². The van der Waals surface area contributed by atoms with Crippen molar-refractivity contribution in [2.24, 2.45) is 35.5 Å². The third-order valence-electron chi connectivity index (χ3n) is 4.46. The topological polar surface area (TPSA) is 40.9 Å². The van der Waals surface area contributed by atoms with Gasteiger partial charge in [0.05, 0.1) is 6.07 Å². The first-order chi connectivity index (χ1) is 6.24. The number of nitriles is 1. The van der Waals surface area contributed by atoms with Gasteiger partial charge in [-0.25, -0.2) is 0 Å². The van der Waals surface area contributed by atoms with E-state index in [-0.39, 0.29) is 5.92 Å². The van der Waals surface area contributed by atoms with Crippen molar-refractivity contribution in [3.63, 3.8) is 0 Å². The van der Waals surface area contributed by atoms with E-state index in [4.69, 9.17) is 5.26 Å². The highest BCUT2D eigenvalue weighted by molar-refractivity contribution is 5.82. The molecule has 0 aliphatic heterocycles. The number of hydrogen-bond acceptors (Lipinski definition) is 2. The quantitative estimate of drug-likeness (QED) is 0.607. The molecule has 0 aromatic carbocycles. The highest BCUT2D eigenvalue weighted by Crippen LogP contribution is 2.70. The van der Waals surface area contributed by atoms with Crippen molar-refractivity contribution in [2.45, 2.75) is 19.8 Å². The van der Waals surface area contributed by atoms with Crippen molar-refractivity contribution in [3.05, 3.63) is 0 Å². The zero-order valence-corrected chi connectivity index (χ0v) is 7.73. The van der Waals surface area contributed by atoms with Gasteiger partial charge in [0.2, 0.25) is 0 Å². The first kappa shape index (κ1) is 7.55. The lowest BCUT2D eigenvalue weighted by Gasteiger charge is -2.12. The van der Waals surface area contributed by atoms with Crippen molar-refractivity contribution in [1.29, 1.82) is 5.26 Å². The second-order valence-electron chi connectivity index (χ2n) is 4.92. The molecule has 3 fully saturated rings. The summed E-state index contributed by atoms with van der Waals surface area (Å²) < 4.78 is 0. The molecule has 0 heterocycles. The van der Waals surface area contributed by atoms with Gasteiger partial charge < -0.3 is 0 Å². The van der Waals surface area contributed by atoms with E-state index < -0.39 is 0 Å². The predicted octanol–water partition coefficient (Wildman–Crippen LogP) is 1.62. The first-order valence-corrected chi connectivity index (χ1v) is 5.14. The van der Waals surface area contributed by atoms with E-state index in [2.05, 4.69) is 6.07 Å². The molecular formula is C11H13NO. The summed E-state index contributed by atoms with van der Waals surface area (Å²) in [5, 5.41) is 8.91. The molecule has 1 unspecified atom stereocenters. The van der Waals surface area contributed by atoms with Gasteiger partial charge in [-0.3, -0.25) is 4.79 Å². The van der Waals surface area contributed by atoms with Crippen LogP contribution in [-0.4, -0.2) is 5.78 Å². The molecule has 0 saturated heterocycles. The van der Waals surface area contributed by atoms with E-state index in [1.807, 2.05) is 0 Å². The van der Waals surface area contributed by atoms with Gasteiger partial charge in [0.25, 0.3) is 0 Å². The molecule has 0 N–H and O–H groups in total. The maximum Gasteiger partial charge on any atom is 0.133 e. The van der Waals surface area contributed by atoms with Crippen LogP contribution in [0.5, 0.6) is 0 Å². The third-order valence-corrected chi connectivity index (χ3v) is 4.46. The monoisotopic (exact) mass is 175 g/mol. The molecule has 0 amide bonds. The molecule has 68 valence electrons. The summed E-state index contributed by atoms with van der Waals surface area (Å²) in [5.74, 6) is 3.58. The Labute approximate surface area is 77.9 Å². The zero-order valence-electron chi connectivity index (χ0n) is 7.73. The zero-order chi connectivity index (χ0) is 9.16. The molecule has 2 nitrogen and oxygen atoms in total. The summed E-state index contributed by atoms with van der Waals surface area (Å²) in [7, 11) is 0. The number of fused-ring (bicyclic) bond motifs is 5. The molecule has 0 radical (unpaired) electrons. The van der Waals surface area contributed by atoms with Crippen LogP contribution in [0.25, 0.3) is 0 Å². The number of hydrogen-bond donors (Lipinski definition) is 0. The van der Waals surface area contributed by atoms with Crippen LogP contribution in [0.3, 0.4) is 0 Å². The molecule has 0 spiro atoms. The Balaban J connectivity index is 1.85. The highest BCUT2D eigenvalue weighted by atomic mass is 16.1. The van der Waals surface area contributed by atoms with Crippen LogP contribution in [0.2, 0.25) is 0 Å². The molecule has 2 bridgehead atoms. The fraction of sp³-hybridized carbons (Fsp3) is 0.818. The van der Waals surface area contributed by atoms with Crippen molar-refractivity contribution in [2.75, 3.05) is 0 Å². The molecule has 0 aromatic rings. The Morgan fingerprint density at radius 1 is 1.38 bits per heavy atom. The molecule has 13 heavy (non-hydrogen) atoms. The van der Waals surface area contributed by atoms with Gasteiger partial charge in [-0.05, 0) is 43.4 Å². The second-order valence-corrected chi connectivity index (χ2v) is 4.92. The molecule has 3 aliphatic rings. The lowest BCUT2D eigenvalue weighted by atomic mass is 9.90. The van der Waals surface area contributed by atoms with Gasteiger partial charge in [0.15, 0.2) is 0 Å². The average molecular weight is 175 g/mol. The third kappa shape index (κ3) is 0.757. The SMILES string of the molecule is CC(=O)[C@@H]1[C@@H]2[C@H]1[C@H]1CC(C#N)[C@@H]2C1. The van der Waals surface area contributed by atoms with Gasteiger partial charge in [-0.1, -0.05) is 0 Å². The lowest BCUT2D eigenvalue weighted by molar-refractivity contribution is -0.119. The van der Waals surface area contributed by atoms with Crippen molar-refractivity contribution < 1.29 is 4.79 Å². The van der Waals surface area contributed by atoms with E-state index in [0.29, 0.717) is 35.4 Å². The fourth-order valence-electron chi connectivity index (χ4n) is 4.06. The number of Topliss-reactive ketones (excluding diaryl/α,β-unsaturated/α-hetero) is 1. The van der Waals surface area contributed by atoms with Crippen LogP contribution in [0.1, 0.15) is 19.8 Å². The van der Waals surface area contributed by atoms with Crippen LogP contribution in [-0.2, 0) is 4.79 Å². The Morgan fingerprint density at radius 3 is 2.77 bits per heavy atom. The molecule has 2 heteroatoms. The van der Waals surface area contributed by atoms with E-state index in [9.17, 15) is 4.79 Å². The van der Waals surface area contributed by atoms with E-state index in [1.54, 1.807) is 6.92 Å². The number of nitrogens with zero attached hydrogens (tertiary/aromatic N) is 1. The van der Waals surface area contributed by atoms with E-state index in [1.165, 1.54) is 6.42 Å². The van der Waals surface area contributed by atoms with Gasteiger partial charge in [0.1, 0.15) is 5.78 Å². The normalized spacial score (nSPS) is 55.7. The molecule has 3 saturated carbocycles. The van der Waals surface area contributed by atoms with Crippen LogP contribution in [0, 0.1) is 46.8 Å². The van der Waals surface area contributed by atoms with E-state index in [0.717, 1.165) is 6.42 Å². The van der Waals surface area contributed by atoms with Crippen LogP contribution in [0.4, 0.5) is 0 Å².